The van der Waals surface area contributed by atoms with Crippen LogP contribution in [0.2, 0.25) is 0 Å². The summed E-state index contributed by atoms with van der Waals surface area (Å²) in [6, 6.07) is 13.4. The molecule has 1 atom stereocenters. The van der Waals surface area contributed by atoms with Crippen LogP contribution in [0.5, 0.6) is 11.5 Å². The predicted octanol–water partition coefficient (Wildman–Crippen LogP) is 3.57. The Hall–Kier alpha value is -2.28. The maximum Gasteiger partial charge on any atom is 0.288 e. The molecule has 0 aromatic heterocycles. The minimum absolute atomic E-state index is 0.280. The first-order valence-electron chi connectivity index (χ1n) is 7.33. The highest BCUT2D eigenvalue weighted by Crippen LogP contribution is 2.30. The van der Waals surface area contributed by atoms with Crippen molar-refractivity contribution in [2.24, 2.45) is 0 Å². The van der Waals surface area contributed by atoms with Crippen molar-refractivity contribution in [2.45, 2.75) is 16.8 Å². The van der Waals surface area contributed by atoms with Gasteiger partial charge in [-0.3, -0.25) is 4.79 Å². The fourth-order valence-electron chi connectivity index (χ4n) is 2.26. The summed E-state index contributed by atoms with van der Waals surface area (Å²) in [5, 5.41) is 2.76. The van der Waals surface area contributed by atoms with Gasteiger partial charge in [-0.15, -0.1) is 0 Å². The normalized spacial score (nSPS) is 16.0. The SMILES string of the molecule is O=C(NCC1COc2ccccc2O1)c1ccc(SC(F)F)cc1. The summed E-state index contributed by atoms with van der Waals surface area (Å²) in [6.07, 6.45) is -0.280. The Morgan fingerprint density at radius 3 is 2.58 bits per heavy atom. The van der Waals surface area contributed by atoms with Crippen LogP contribution in [0.1, 0.15) is 10.4 Å². The van der Waals surface area contributed by atoms with Crippen LogP contribution in [0.15, 0.2) is 53.4 Å². The molecule has 24 heavy (non-hydrogen) atoms. The van der Waals surface area contributed by atoms with Crippen LogP contribution in [-0.2, 0) is 0 Å². The zero-order valence-electron chi connectivity index (χ0n) is 12.6. The Labute approximate surface area is 142 Å². The van der Waals surface area contributed by atoms with E-state index in [0.29, 0.717) is 46.9 Å². The smallest absolute Gasteiger partial charge is 0.288 e. The van der Waals surface area contributed by atoms with Crippen molar-refractivity contribution in [3.8, 4) is 11.5 Å². The second kappa shape index (κ2) is 7.53. The molecule has 0 aliphatic carbocycles. The molecule has 3 rings (SSSR count). The van der Waals surface area contributed by atoms with E-state index in [1.165, 1.54) is 24.3 Å². The fraction of sp³-hybridized carbons (Fsp3) is 0.235. The highest BCUT2D eigenvalue weighted by atomic mass is 32.2. The molecule has 1 amide bonds. The summed E-state index contributed by atoms with van der Waals surface area (Å²) in [5.41, 5.74) is 0.408. The quantitative estimate of drug-likeness (QED) is 0.837. The topological polar surface area (TPSA) is 47.6 Å². The maximum atomic E-state index is 12.3. The molecule has 2 aromatic carbocycles. The van der Waals surface area contributed by atoms with Crippen molar-refractivity contribution >= 4 is 17.7 Å². The molecule has 0 saturated heterocycles. The number of benzene rings is 2. The van der Waals surface area contributed by atoms with Gasteiger partial charge in [-0.05, 0) is 36.4 Å². The van der Waals surface area contributed by atoms with Crippen molar-refractivity contribution in [1.82, 2.24) is 5.32 Å². The Bertz CT molecular complexity index is 709. The van der Waals surface area contributed by atoms with Crippen molar-refractivity contribution in [2.75, 3.05) is 13.2 Å². The van der Waals surface area contributed by atoms with Crippen molar-refractivity contribution in [3.63, 3.8) is 0 Å². The summed E-state index contributed by atoms with van der Waals surface area (Å²) in [7, 11) is 0. The summed E-state index contributed by atoms with van der Waals surface area (Å²) in [6.45, 7) is 0.641. The monoisotopic (exact) mass is 351 g/mol. The molecular formula is C17H15F2NO3S. The lowest BCUT2D eigenvalue weighted by Gasteiger charge is -2.26. The molecule has 126 valence electrons. The molecule has 0 spiro atoms. The lowest BCUT2D eigenvalue weighted by Crippen LogP contribution is -2.40. The minimum atomic E-state index is -2.48. The second-order valence-electron chi connectivity index (χ2n) is 5.11. The summed E-state index contributed by atoms with van der Waals surface area (Å²) < 4.78 is 35.9. The van der Waals surface area contributed by atoms with Gasteiger partial charge in [0.1, 0.15) is 12.7 Å². The van der Waals surface area contributed by atoms with Crippen LogP contribution < -0.4 is 14.8 Å². The number of thioether (sulfide) groups is 1. The van der Waals surface area contributed by atoms with E-state index in [9.17, 15) is 13.6 Å². The Balaban J connectivity index is 1.52. The van der Waals surface area contributed by atoms with Crippen LogP contribution >= 0.6 is 11.8 Å². The fourth-order valence-corrected chi connectivity index (χ4v) is 2.76. The number of halogens is 2. The average molecular weight is 351 g/mol. The number of nitrogens with one attached hydrogen (secondary N) is 1. The molecule has 2 aromatic rings. The molecule has 1 aliphatic rings. The molecule has 0 radical (unpaired) electrons. The Morgan fingerprint density at radius 2 is 1.88 bits per heavy atom. The predicted molar refractivity (Wildman–Crippen MR) is 87.0 cm³/mol. The summed E-state index contributed by atoms with van der Waals surface area (Å²) >= 11 is 0.447. The third kappa shape index (κ3) is 4.17. The molecule has 1 aliphatic heterocycles. The van der Waals surface area contributed by atoms with Gasteiger partial charge >= 0.3 is 0 Å². The van der Waals surface area contributed by atoms with E-state index in [1.54, 1.807) is 0 Å². The lowest BCUT2D eigenvalue weighted by molar-refractivity contribution is 0.0789. The van der Waals surface area contributed by atoms with Gasteiger partial charge in [0.2, 0.25) is 0 Å². The van der Waals surface area contributed by atoms with E-state index in [2.05, 4.69) is 5.32 Å². The van der Waals surface area contributed by atoms with Gasteiger partial charge in [0.25, 0.3) is 11.7 Å². The second-order valence-corrected chi connectivity index (χ2v) is 6.17. The van der Waals surface area contributed by atoms with Crippen molar-refractivity contribution in [3.05, 3.63) is 54.1 Å². The van der Waals surface area contributed by atoms with Crippen LogP contribution in [0.3, 0.4) is 0 Å². The van der Waals surface area contributed by atoms with Gasteiger partial charge in [0.05, 0.1) is 6.54 Å². The van der Waals surface area contributed by atoms with E-state index in [-0.39, 0.29) is 12.0 Å². The standard InChI is InChI=1S/C17H15F2NO3S/c18-17(19)24-13-7-5-11(6-8-13)16(21)20-9-12-10-22-14-3-1-2-4-15(14)23-12/h1-8,12,17H,9-10H2,(H,20,21). The highest BCUT2D eigenvalue weighted by molar-refractivity contribution is 7.99. The van der Waals surface area contributed by atoms with Gasteiger partial charge < -0.3 is 14.8 Å². The maximum absolute atomic E-state index is 12.3. The first-order valence-corrected chi connectivity index (χ1v) is 8.21. The highest BCUT2D eigenvalue weighted by Gasteiger charge is 2.21. The molecule has 0 saturated carbocycles. The number of hydrogen-bond acceptors (Lipinski definition) is 4. The molecule has 1 unspecified atom stereocenters. The molecule has 0 bridgehead atoms. The average Bonchev–Trinajstić information content (AvgIpc) is 2.59. The van der Waals surface area contributed by atoms with E-state index in [0.717, 1.165) is 0 Å². The number of ether oxygens (including phenoxy) is 2. The van der Waals surface area contributed by atoms with Crippen molar-refractivity contribution in [1.29, 1.82) is 0 Å². The Kier molecular flexibility index (Phi) is 5.20. The number of alkyl halides is 2. The number of carbonyl (C=O) groups excluding carboxylic acids is 1. The van der Waals surface area contributed by atoms with E-state index < -0.39 is 5.76 Å². The lowest BCUT2D eigenvalue weighted by atomic mass is 10.2. The van der Waals surface area contributed by atoms with E-state index >= 15 is 0 Å². The van der Waals surface area contributed by atoms with E-state index in [4.69, 9.17) is 9.47 Å². The largest absolute Gasteiger partial charge is 0.486 e. The molecular weight excluding hydrogens is 336 g/mol. The number of fused-ring (bicyclic) bond motifs is 1. The Morgan fingerprint density at radius 1 is 1.17 bits per heavy atom. The first kappa shape index (κ1) is 16.6. The molecule has 1 heterocycles. The third-order valence-electron chi connectivity index (χ3n) is 3.40. The van der Waals surface area contributed by atoms with Crippen LogP contribution in [0.25, 0.3) is 0 Å². The van der Waals surface area contributed by atoms with Crippen LogP contribution in [-0.4, -0.2) is 30.9 Å². The number of amides is 1. The molecule has 0 fully saturated rings. The number of rotatable bonds is 5. The van der Waals surface area contributed by atoms with Gasteiger partial charge in [0, 0.05) is 10.5 Å². The van der Waals surface area contributed by atoms with E-state index in [1.807, 2.05) is 24.3 Å². The number of carbonyl (C=O) groups is 1. The zero-order chi connectivity index (χ0) is 16.9. The van der Waals surface area contributed by atoms with Gasteiger partial charge in [-0.2, -0.15) is 8.78 Å². The molecule has 1 N–H and O–H groups in total. The first-order chi connectivity index (χ1) is 11.6. The van der Waals surface area contributed by atoms with Gasteiger partial charge in [0.15, 0.2) is 11.5 Å². The van der Waals surface area contributed by atoms with Crippen molar-refractivity contribution < 1.29 is 23.0 Å². The summed E-state index contributed by atoms with van der Waals surface area (Å²) in [5.74, 6) is -1.43. The molecule has 7 heteroatoms. The third-order valence-corrected chi connectivity index (χ3v) is 4.12. The van der Waals surface area contributed by atoms with Crippen LogP contribution in [0, 0.1) is 0 Å². The van der Waals surface area contributed by atoms with Gasteiger partial charge in [-0.1, -0.05) is 23.9 Å². The van der Waals surface area contributed by atoms with Gasteiger partial charge in [-0.25, -0.2) is 0 Å². The minimum Gasteiger partial charge on any atom is -0.486 e. The van der Waals surface area contributed by atoms with Crippen LogP contribution in [0.4, 0.5) is 8.78 Å². The zero-order valence-corrected chi connectivity index (χ0v) is 13.4. The molecule has 4 nitrogen and oxygen atoms in total. The number of hydrogen-bond donors (Lipinski definition) is 1. The number of para-hydroxylation sites is 2. The summed E-state index contributed by atoms with van der Waals surface area (Å²) in [4.78, 5) is 12.5.